The zero-order valence-corrected chi connectivity index (χ0v) is 17.0. The molecule has 6 heteroatoms. The first-order valence-corrected chi connectivity index (χ1v) is 10.6. The maximum absolute atomic E-state index is 13.3. The van der Waals surface area contributed by atoms with Crippen molar-refractivity contribution < 1.29 is 4.79 Å². The van der Waals surface area contributed by atoms with Gasteiger partial charge in [0.05, 0.1) is 5.70 Å². The molecule has 1 atom stereocenters. The fourth-order valence-electron chi connectivity index (χ4n) is 3.61. The third-order valence-electron chi connectivity index (χ3n) is 5.08. The molecule has 0 radical (unpaired) electrons. The second kappa shape index (κ2) is 8.03. The Kier molecular flexibility index (Phi) is 5.95. The summed E-state index contributed by atoms with van der Waals surface area (Å²) in [4.78, 5) is 16.9. The lowest BCUT2D eigenvalue weighted by Crippen LogP contribution is -2.65. The number of benzene rings is 1. The molecule has 1 amide bonds. The van der Waals surface area contributed by atoms with E-state index in [4.69, 9.17) is 0 Å². The Hall–Kier alpha value is -1.50. The molecule has 1 fully saturated rings. The van der Waals surface area contributed by atoms with Gasteiger partial charge in [-0.3, -0.25) is 20.1 Å². The number of nitrogens with one attached hydrogen (secondary N) is 2. The Morgan fingerprint density at radius 3 is 2.42 bits per heavy atom. The Morgan fingerprint density at radius 1 is 1.19 bits per heavy atom. The summed E-state index contributed by atoms with van der Waals surface area (Å²) in [7, 11) is 0. The van der Waals surface area contributed by atoms with Crippen LogP contribution in [-0.4, -0.2) is 60.3 Å². The molecule has 0 spiro atoms. The van der Waals surface area contributed by atoms with Crippen molar-refractivity contribution in [1.82, 2.24) is 20.7 Å². The van der Waals surface area contributed by atoms with E-state index in [0.29, 0.717) is 12.5 Å². The number of hydrogen-bond acceptors (Lipinski definition) is 5. The molecule has 142 valence electrons. The van der Waals surface area contributed by atoms with Gasteiger partial charge in [-0.1, -0.05) is 26.0 Å². The van der Waals surface area contributed by atoms with Crippen LogP contribution in [0.5, 0.6) is 0 Å². The quantitative estimate of drug-likeness (QED) is 0.775. The van der Waals surface area contributed by atoms with Crippen LogP contribution in [0.3, 0.4) is 0 Å². The van der Waals surface area contributed by atoms with Crippen LogP contribution in [0.4, 0.5) is 0 Å². The highest BCUT2D eigenvalue weighted by Gasteiger charge is 2.44. The zero-order chi connectivity index (χ0) is 18.7. The molecule has 1 saturated heterocycles. The Balaban J connectivity index is 1.97. The predicted molar refractivity (Wildman–Crippen MR) is 109 cm³/mol. The normalized spacial score (nSPS) is 24.6. The fraction of sp³-hybridized carbons (Fsp3) is 0.550. The first-order valence-electron chi connectivity index (χ1n) is 9.35. The van der Waals surface area contributed by atoms with E-state index in [-0.39, 0.29) is 5.91 Å². The standard InChI is InChI=1S/C20H30N4OS/c1-15(2)14-24-19(25)20(3,23-11-9-21-10-12-23)13-18(22-24)16-5-7-17(26-4)8-6-16/h5-8,13,15,21-22H,9-12,14H2,1-4H3. The SMILES string of the molecule is CSc1ccc(C2=CC(C)(N3CCNCC3)C(=O)N(CC(C)C)N2)cc1. The maximum Gasteiger partial charge on any atom is 0.265 e. The van der Waals surface area contributed by atoms with E-state index in [0.717, 1.165) is 37.4 Å². The first kappa shape index (κ1) is 19.3. The summed E-state index contributed by atoms with van der Waals surface area (Å²) in [6.45, 7) is 10.6. The summed E-state index contributed by atoms with van der Waals surface area (Å²) in [6, 6.07) is 8.53. The molecule has 26 heavy (non-hydrogen) atoms. The highest BCUT2D eigenvalue weighted by molar-refractivity contribution is 7.98. The second-order valence-electron chi connectivity index (χ2n) is 7.59. The topological polar surface area (TPSA) is 47.6 Å². The first-order chi connectivity index (χ1) is 12.4. The molecular weight excluding hydrogens is 344 g/mol. The molecule has 2 heterocycles. The van der Waals surface area contributed by atoms with Gasteiger partial charge in [-0.2, -0.15) is 0 Å². The molecule has 2 aliphatic rings. The third kappa shape index (κ3) is 3.92. The average Bonchev–Trinajstić information content (AvgIpc) is 2.66. The van der Waals surface area contributed by atoms with E-state index in [1.165, 1.54) is 4.90 Å². The monoisotopic (exact) mass is 374 g/mol. The van der Waals surface area contributed by atoms with Crippen molar-refractivity contribution in [3.8, 4) is 0 Å². The second-order valence-corrected chi connectivity index (χ2v) is 8.47. The number of carbonyl (C=O) groups is 1. The number of hydrazine groups is 1. The predicted octanol–water partition coefficient (Wildman–Crippen LogP) is 2.42. The minimum atomic E-state index is -0.615. The van der Waals surface area contributed by atoms with E-state index in [1.54, 1.807) is 11.8 Å². The summed E-state index contributed by atoms with van der Waals surface area (Å²) in [5.41, 5.74) is 4.89. The van der Waals surface area contributed by atoms with Crippen molar-refractivity contribution in [2.45, 2.75) is 31.2 Å². The minimum absolute atomic E-state index is 0.137. The van der Waals surface area contributed by atoms with Gasteiger partial charge in [-0.15, -0.1) is 11.8 Å². The van der Waals surface area contributed by atoms with Crippen molar-refractivity contribution in [3.05, 3.63) is 35.9 Å². The Bertz CT molecular complexity index is 667. The van der Waals surface area contributed by atoms with E-state index in [2.05, 4.69) is 73.0 Å². The zero-order valence-electron chi connectivity index (χ0n) is 16.2. The Morgan fingerprint density at radius 2 is 1.85 bits per heavy atom. The molecule has 2 N–H and O–H groups in total. The van der Waals surface area contributed by atoms with Crippen molar-refractivity contribution in [1.29, 1.82) is 0 Å². The summed E-state index contributed by atoms with van der Waals surface area (Å²) >= 11 is 1.74. The van der Waals surface area contributed by atoms with Crippen LogP contribution in [0.2, 0.25) is 0 Å². The molecule has 0 aromatic heterocycles. The summed E-state index contributed by atoms with van der Waals surface area (Å²) in [5.74, 6) is 0.537. The molecule has 5 nitrogen and oxygen atoms in total. The van der Waals surface area contributed by atoms with Crippen molar-refractivity contribution in [3.63, 3.8) is 0 Å². The number of rotatable bonds is 5. The van der Waals surface area contributed by atoms with E-state index < -0.39 is 5.54 Å². The highest BCUT2D eigenvalue weighted by atomic mass is 32.2. The number of hydrogen-bond donors (Lipinski definition) is 2. The van der Waals surface area contributed by atoms with Crippen LogP contribution in [0, 0.1) is 5.92 Å². The van der Waals surface area contributed by atoms with Gasteiger partial charge in [0.25, 0.3) is 5.91 Å². The molecule has 0 bridgehead atoms. The van der Waals surface area contributed by atoms with Gasteiger partial charge >= 0.3 is 0 Å². The van der Waals surface area contributed by atoms with Gasteiger partial charge in [0, 0.05) is 37.6 Å². The lowest BCUT2D eigenvalue weighted by atomic mass is 9.92. The van der Waals surface area contributed by atoms with Gasteiger partial charge in [-0.25, -0.2) is 0 Å². The molecule has 1 aromatic rings. The van der Waals surface area contributed by atoms with Gasteiger partial charge in [0.2, 0.25) is 0 Å². The number of piperazine rings is 1. The van der Waals surface area contributed by atoms with Crippen LogP contribution < -0.4 is 10.7 Å². The van der Waals surface area contributed by atoms with E-state index in [9.17, 15) is 4.79 Å². The fourth-order valence-corrected chi connectivity index (χ4v) is 4.02. The van der Waals surface area contributed by atoms with E-state index >= 15 is 0 Å². The lowest BCUT2D eigenvalue weighted by molar-refractivity contribution is -0.145. The minimum Gasteiger partial charge on any atom is -0.314 e. The number of nitrogens with zero attached hydrogens (tertiary/aromatic N) is 2. The molecule has 1 unspecified atom stereocenters. The van der Waals surface area contributed by atoms with Gasteiger partial charge < -0.3 is 5.32 Å². The highest BCUT2D eigenvalue weighted by Crippen LogP contribution is 2.30. The Labute approximate surface area is 161 Å². The van der Waals surface area contributed by atoms with Gasteiger partial charge in [-0.05, 0) is 42.9 Å². The smallest absolute Gasteiger partial charge is 0.265 e. The maximum atomic E-state index is 13.3. The summed E-state index contributed by atoms with van der Waals surface area (Å²) < 4.78 is 0. The number of thioether (sulfide) groups is 1. The molecule has 2 aliphatic heterocycles. The average molecular weight is 375 g/mol. The summed E-state index contributed by atoms with van der Waals surface area (Å²) in [5, 5.41) is 5.19. The third-order valence-corrected chi connectivity index (χ3v) is 5.83. The van der Waals surface area contributed by atoms with Crippen molar-refractivity contribution in [2.24, 2.45) is 5.92 Å². The lowest BCUT2D eigenvalue weighted by Gasteiger charge is -2.46. The molecule has 0 saturated carbocycles. The number of carbonyl (C=O) groups excluding carboxylic acids is 1. The van der Waals surface area contributed by atoms with E-state index in [1.807, 2.05) is 5.01 Å². The largest absolute Gasteiger partial charge is 0.314 e. The molecule has 1 aromatic carbocycles. The van der Waals surface area contributed by atoms with Crippen LogP contribution in [0.1, 0.15) is 26.3 Å². The molecule has 0 aliphatic carbocycles. The molecule has 3 rings (SSSR count). The molecular formula is C20H30N4OS. The van der Waals surface area contributed by atoms with Crippen LogP contribution in [0.15, 0.2) is 35.2 Å². The van der Waals surface area contributed by atoms with Crippen molar-refractivity contribution >= 4 is 23.4 Å². The van der Waals surface area contributed by atoms with Gasteiger partial charge in [0.15, 0.2) is 0 Å². The van der Waals surface area contributed by atoms with Crippen LogP contribution in [-0.2, 0) is 4.79 Å². The number of amides is 1. The summed E-state index contributed by atoms with van der Waals surface area (Å²) in [6.07, 6.45) is 4.20. The van der Waals surface area contributed by atoms with Gasteiger partial charge in [0.1, 0.15) is 5.54 Å². The van der Waals surface area contributed by atoms with Crippen LogP contribution >= 0.6 is 11.8 Å². The van der Waals surface area contributed by atoms with Crippen molar-refractivity contribution in [2.75, 3.05) is 39.0 Å². The van der Waals surface area contributed by atoms with Crippen LogP contribution in [0.25, 0.3) is 5.70 Å².